The van der Waals surface area contributed by atoms with Crippen molar-refractivity contribution < 1.29 is 9.53 Å². The minimum Gasteiger partial charge on any atom is -0.460 e. The molecule has 6 heteroatoms. The van der Waals surface area contributed by atoms with Crippen molar-refractivity contribution in [3.63, 3.8) is 0 Å². The fourth-order valence-corrected chi connectivity index (χ4v) is 1.63. The van der Waals surface area contributed by atoms with Crippen LogP contribution in [0.15, 0.2) is 36.5 Å². The number of anilines is 2. The van der Waals surface area contributed by atoms with Crippen molar-refractivity contribution >= 4 is 29.1 Å². The first-order chi connectivity index (χ1) is 9.19. The molecule has 2 aromatic rings. The van der Waals surface area contributed by atoms with E-state index in [0.717, 1.165) is 5.69 Å². The molecular weight excluding hydrogens is 266 g/mol. The van der Waals surface area contributed by atoms with Gasteiger partial charge in [0.05, 0.1) is 6.61 Å². The maximum absolute atomic E-state index is 11.5. The molecule has 0 unspecified atom stereocenters. The van der Waals surface area contributed by atoms with Crippen molar-refractivity contribution in [1.29, 1.82) is 0 Å². The van der Waals surface area contributed by atoms with Gasteiger partial charge in [0.25, 0.3) is 0 Å². The molecule has 1 N–H and O–H groups in total. The zero-order valence-corrected chi connectivity index (χ0v) is 11.0. The summed E-state index contributed by atoms with van der Waals surface area (Å²) in [6.07, 6.45) is 1.49. The molecule has 2 rings (SSSR count). The van der Waals surface area contributed by atoms with Crippen LogP contribution in [0.4, 0.5) is 11.5 Å². The first-order valence-corrected chi connectivity index (χ1v) is 6.09. The molecule has 1 heterocycles. The number of esters is 1. The number of hydrogen-bond acceptors (Lipinski definition) is 5. The highest BCUT2D eigenvalue weighted by Gasteiger charge is 2.10. The Morgan fingerprint density at radius 1 is 1.42 bits per heavy atom. The number of nitrogens with zero attached hydrogens (tertiary/aromatic N) is 2. The number of nitrogens with one attached hydrogen (secondary N) is 1. The number of halogens is 1. The Morgan fingerprint density at radius 3 is 3.00 bits per heavy atom. The summed E-state index contributed by atoms with van der Waals surface area (Å²) in [5.41, 5.74) is 0.779. The topological polar surface area (TPSA) is 64.1 Å². The molecule has 19 heavy (non-hydrogen) atoms. The van der Waals surface area contributed by atoms with Crippen molar-refractivity contribution in [3.05, 3.63) is 47.4 Å². The van der Waals surface area contributed by atoms with Crippen LogP contribution in [0.3, 0.4) is 0 Å². The molecule has 0 radical (unpaired) electrons. The smallest absolute Gasteiger partial charge is 0.376 e. The van der Waals surface area contributed by atoms with E-state index >= 15 is 0 Å². The largest absolute Gasteiger partial charge is 0.460 e. The van der Waals surface area contributed by atoms with Crippen molar-refractivity contribution in [2.75, 3.05) is 11.9 Å². The van der Waals surface area contributed by atoms with Crippen molar-refractivity contribution in [3.8, 4) is 0 Å². The van der Waals surface area contributed by atoms with Crippen LogP contribution in [0.25, 0.3) is 0 Å². The van der Waals surface area contributed by atoms with Crippen LogP contribution in [0, 0.1) is 0 Å². The zero-order chi connectivity index (χ0) is 13.7. The van der Waals surface area contributed by atoms with E-state index in [1.165, 1.54) is 6.20 Å². The number of benzene rings is 1. The molecule has 5 nitrogen and oxygen atoms in total. The molecule has 1 aromatic carbocycles. The van der Waals surface area contributed by atoms with E-state index in [1.54, 1.807) is 25.1 Å². The first kappa shape index (κ1) is 13.3. The molecule has 0 saturated carbocycles. The van der Waals surface area contributed by atoms with Crippen LogP contribution >= 0.6 is 11.6 Å². The van der Waals surface area contributed by atoms with E-state index in [9.17, 15) is 4.79 Å². The molecule has 0 fully saturated rings. The SMILES string of the molecule is CCOC(=O)c1nccc(Nc2cccc(Cl)c2)n1. The Hall–Kier alpha value is -2.14. The predicted molar refractivity (Wildman–Crippen MR) is 72.7 cm³/mol. The summed E-state index contributed by atoms with van der Waals surface area (Å²) in [6.45, 7) is 2.01. The van der Waals surface area contributed by atoms with Gasteiger partial charge in [-0.25, -0.2) is 14.8 Å². The summed E-state index contributed by atoms with van der Waals surface area (Å²) in [5.74, 6) is -0.0218. The van der Waals surface area contributed by atoms with Gasteiger partial charge in [0.2, 0.25) is 5.82 Å². The average molecular weight is 278 g/mol. The van der Waals surface area contributed by atoms with Crippen LogP contribution in [-0.2, 0) is 4.74 Å². The lowest BCUT2D eigenvalue weighted by Gasteiger charge is -2.06. The van der Waals surface area contributed by atoms with Crippen LogP contribution in [0.5, 0.6) is 0 Å². The molecular formula is C13H12ClN3O2. The van der Waals surface area contributed by atoms with E-state index in [-0.39, 0.29) is 12.4 Å². The Labute approximate surface area is 115 Å². The summed E-state index contributed by atoms with van der Waals surface area (Å²) >= 11 is 5.89. The van der Waals surface area contributed by atoms with Gasteiger partial charge < -0.3 is 10.1 Å². The molecule has 1 aromatic heterocycles. The van der Waals surface area contributed by atoms with Crippen LogP contribution in [-0.4, -0.2) is 22.5 Å². The van der Waals surface area contributed by atoms with Gasteiger partial charge in [-0.15, -0.1) is 0 Å². The van der Waals surface area contributed by atoms with E-state index in [1.807, 2.05) is 12.1 Å². The highest BCUT2D eigenvalue weighted by Crippen LogP contribution is 2.18. The van der Waals surface area contributed by atoms with E-state index in [4.69, 9.17) is 16.3 Å². The van der Waals surface area contributed by atoms with Gasteiger partial charge in [-0.05, 0) is 31.2 Å². The third kappa shape index (κ3) is 3.66. The zero-order valence-electron chi connectivity index (χ0n) is 10.3. The fraction of sp³-hybridized carbons (Fsp3) is 0.154. The van der Waals surface area contributed by atoms with Crippen LogP contribution < -0.4 is 5.32 Å². The normalized spacial score (nSPS) is 10.0. The number of aromatic nitrogens is 2. The predicted octanol–water partition coefficient (Wildman–Crippen LogP) is 3.05. The Balaban J connectivity index is 2.17. The quantitative estimate of drug-likeness (QED) is 0.870. The Kier molecular flexibility index (Phi) is 4.30. The van der Waals surface area contributed by atoms with Crippen LogP contribution in [0.2, 0.25) is 5.02 Å². The summed E-state index contributed by atoms with van der Waals surface area (Å²) < 4.78 is 4.84. The average Bonchev–Trinajstić information content (AvgIpc) is 2.39. The number of hydrogen-bond donors (Lipinski definition) is 1. The Bertz CT molecular complexity index is 590. The van der Waals surface area contributed by atoms with Crippen molar-refractivity contribution in [1.82, 2.24) is 9.97 Å². The van der Waals surface area contributed by atoms with E-state index in [0.29, 0.717) is 10.8 Å². The molecule has 0 atom stereocenters. The second kappa shape index (κ2) is 6.15. The third-order valence-electron chi connectivity index (χ3n) is 2.21. The van der Waals surface area contributed by atoms with Gasteiger partial charge in [0.15, 0.2) is 0 Å². The maximum atomic E-state index is 11.5. The minimum atomic E-state index is -0.544. The molecule has 0 saturated heterocycles. The monoisotopic (exact) mass is 277 g/mol. The molecule has 0 aliphatic heterocycles. The Morgan fingerprint density at radius 2 is 2.26 bits per heavy atom. The van der Waals surface area contributed by atoms with Crippen LogP contribution in [0.1, 0.15) is 17.5 Å². The second-order valence-corrected chi connectivity index (χ2v) is 4.06. The maximum Gasteiger partial charge on any atom is 0.376 e. The minimum absolute atomic E-state index is 0.0221. The number of rotatable bonds is 4. The summed E-state index contributed by atoms with van der Waals surface area (Å²) in [6, 6.07) is 8.85. The molecule has 98 valence electrons. The van der Waals surface area contributed by atoms with Gasteiger partial charge in [0, 0.05) is 16.9 Å². The van der Waals surface area contributed by atoms with E-state index in [2.05, 4.69) is 15.3 Å². The third-order valence-corrected chi connectivity index (χ3v) is 2.45. The molecule has 0 aliphatic rings. The number of carbonyl (C=O) groups is 1. The molecule has 0 aliphatic carbocycles. The van der Waals surface area contributed by atoms with Gasteiger partial charge in [0.1, 0.15) is 5.82 Å². The molecule has 0 spiro atoms. The lowest BCUT2D eigenvalue weighted by molar-refractivity contribution is 0.0512. The lowest BCUT2D eigenvalue weighted by Crippen LogP contribution is -2.10. The molecule has 0 bridgehead atoms. The van der Waals surface area contributed by atoms with Crippen molar-refractivity contribution in [2.45, 2.75) is 6.92 Å². The molecule has 0 amide bonds. The summed E-state index contributed by atoms with van der Waals surface area (Å²) in [7, 11) is 0. The fourth-order valence-electron chi connectivity index (χ4n) is 1.44. The van der Waals surface area contributed by atoms with Gasteiger partial charge >= 0.3 is 5.97 Å². The van der Waals surface area contributed by atoms with Gasteiger partial charge in [-0.2, -0.15) is 0 Å². The standard InChI is InChI=1S/C13H12ClN3O2/c1-2-19-13(18)12-15-7-6-11(17-12)16-10-5-3-4-9(14)8-10/h3-8H,2H2,1H3,(H,15,16,17). The van der Waals surface area contributed by atoms with E-state index < -0.39 is 5.97 Å². The number of ether oxygens (including phenoxy) is 1. The summed E-state index contributed by atoms with van der Waals surface area (Å²) in [5, 5.41) is 3.65. The highest BCUT2D eigenvalue weighted by molar-refractivity contribution is 6.30. The van der Waals surface area contributed by atoms with Crippen molar-refractivity contribution in [2.24, 2.45) is 0 Å². The highest BCUT2D eigenvalue weighted by atomic mass is 35.5. The van der Waals surface area contributed by atoms with Gasteiger partial charge in [-0.1, -0.05) is 17.7 Å². The summed E-state index contributed by atoms with van der Waals surface area (Å²) in [4.78, 5) is 19.4. The number of carbonyl (C=O) groups excluding carboxylic acids is 1. The lowest BCUT2D eigenvalue weighted by atomic mass is 10.3. The van der Waals surface area contributed by atoms with Gasteiger partial charge in [-0.3, -0.25) is 0 Å². The second-order valence-electron chi connectivity index (χ2n) is 3.62. The first-order valence-electron chi connectivity index (χ1n) is 5.72.